The molecule has 4 bridgehead atoms. The number of fused-ring (bicyclic) bond motifs is 7. The summed E-state index contributed by atoms with van der Waals surface area (Å²) in [7, 11) is 0. The zero-order valence-corrected chi connectivity index (χ0v) is 18.4. The van der Waals surface area contributed by atoms with Crippen LogP contribution in [-0.4, -0.2) is 9.55 Å². The van der Waals surface area contributed by atoms with E-state index in [0.717, 1.165) is 28.9 Å². The second-order valence-electron chi connectivity index (χ2n) is 7.35. The summed E-state index contributed by atoms with van der Waals surface area (Å²) in [5.74, 6) is 1.28. The monoisotopic (exact) mass is 422 g/mol. The second-order valence-corrected chi connectivity index (χ2v) is 7.35. The molecular weight excluding hydrogens is 396 g/mol. The Hall–Kier alpha value is -3.88. The lowest BCUT2D eigenvalue weighted by Crippen LogP contribution is -2.16. The van der Waals surface area contributed by atoms with Crippen molar-refractivity contribution >= 4 is 0 Å². The number of ether oxygens (including phenoxy) is 1. The first kappa shape index (κ1) is 21.4. The van der Waals surface area contributed by atoms with Crippen LogP contribution in [0.25, 0.3) is 11.1 Å². The van der Waals surface area contributed by atoms with Crippen molar-refractivity contribution in [1.82, 2.24) is 14.9 Å². The molecule has 4 aromatic rings. The molecule has 0 atom stereocenters. The van der Waals surface area contributed by atoms with Gasteiger partial charge in [0, 0.05) is 25.8 Å². The van der Waals surface area contributed by atoms with Gasteiger partial charge in [-0.2, -0.15) is 5.26 Å². The normalized spacial score (nSPS) is 12.4. The summed E-state index contributed by atoms with van der Waals surface area (Å²) in [6, 6.07) is 24.3. The Kier molecular flexibility index (Phi) is 6.64. The van der Waals surface area contributed by atoms with Crippen LogP contribution >= 0.6 is 0 Å². The van der Waals surface area contributed by atoms with E-state index in [9.17, 15) is 5.26 Å². The Morgan fingerprint density at radius 1 is 1.00 bits per heavy atom. The molecule has 2 heterocycles. The van der Waals surface area contributed by atoms with Crippen LogP contribution in [0.1, 0.15) is 36.2 Å². The van der Waals surface area contributed by atoms with Crippen LogP contribution < -0.4 is 10.1 Å². The molecule has 0 unspecified atom stereocenters. The molecule has 5 heteroatoms. The lowest BCUT2D eigenvalue weighted by atomic mass is 9.99. The maximum atomic E-state index is 9.55. The standard InChI is InChI=1S/C25H20N4O.C2H6/c26-12-20-9-8-18-10-25(20)30-23-6-3-5-19(11-23)24-7-2-1-4-21(24)13-27-14-22-15-28-17-29(22)16-18;1-2/h1-11,15,17,27H,13-14,16H2;1-2H3. The van der Waals surface area contributed by atoms with Gasteiger partial charge >= 0.3 is 0 Å². The average molecular weight is 423 g/mol. The highest BCUT2D eigenvalue weighted by atomic mass is 16.5. The molecule has 5 rings (SSSR count). The van der Waals surface area contributed by atoms with Crippen molar-refractivity contribution < 1.29 is 4.74 Å². The van der Waals surface area contributed by atoms with E-state index < -0.39 is 0 Å². The summed E-state index contributed by atoms with van der Waals surface area (Å²) in [5.41, 5.74) is 6.13. The Bertz CT molecular complexity index is 1250. The fourth-order valence-corrected chi connectivity index (χ4v) is 3.81. The van der Waals surface area contributed by atoms with Crippen molar-refractivity contribution in [1.29, 1.82) is 5.26 Å². The van der Waals surface area contributed by atoms with E-state index in [0.29, 0.717) is 30.2 Å². The zero-order chi connectivity index (χ0) is 22.3. The topological polar surface area (TPSA) is 62.9 Å². The van der Waals surface area contributed by atoms with Crippen molar-refractivity contribution in [3.05, 3.63) is 102 Å². The van der Waals surface area contributed by atoms with Crippen molar-refractivity contribution in [3.8, 4) is 28.7 Å². The minimum Gasteiger partial charge on any atom is -0.456 e. The van der Waals surface area contributed by atoms with Gasteiger partial charge in [0.25, 0.3) is 0 Å². The molecule has 0 aliphatic carbocycles. The van der Waals surface area contributed by atoms with E-state index in [4.69, 9.17) is 4.74 Å². The molecule has 0 saturated heterocycles. The molecule has 0 fully saturated rings. The molecule has 0 spiro atoms. The molecular formula is C27H26N4O. The number of rotatable bonds is 0. The number of imidazole rings is 1. The van der Waals surface area contributed by atoms with Gasteiger partial charge in [0.2, 0.25) is 0 Å². The zero-order valence-electron chi connectivity index (χ0n) is 18.4. The van der Waals surface area contributed by atoms with Crippen molar-refractivity contribution in [2.24, 2.45) is 0 Å². The number of benzene rings is 3. The molecule has 5 nitrogen and oxygen atoms in total. The maximum Gasteiger partial charge on any atom is 0.145 e. The first-order chi connectivity index (χ1) is 15.8. The third-order valence-corrected chi connectivity index (χ3v) is 5.33. The Labute approximate surface area is 188 Å². The first-order valence-corrected chi connectivity index (χ1v) is 10.9. The van der Waals surface area contributed by atoms with Crippen LogP contribution in [0.15, 0.2) is 79.3 Å². The molecule has 1 aliphatic heterocycles. The van der Waals surface area contributed by atoms with Crippen LogP contribution in [0.5, 0.6) is 11.5 Å². The average Bonchev–Trinajstić information content (AvgIpc) is 3.27. The number of hydrogen-bond acceptors (Lipinski definition) is 4. The fraction of sp³-hybridized carbons (Fsp3) is 0.185. The summed E-state index contributed by atoms with van der Waals surface area (Å²) < 4.78 is 8.29. The lowest BCUT2D eigenvalue weighted by molar-refractivity contribution is 0.480. The Balaban J connectivity index is 0.00000119. The third-order valence-electron chi connectivity index (χ3n) is 5.33. The lowest BCUT2D eigenvalue weighted by Gasteiger charge is -2.13. The number of nitrogens with zero attached hydrogens (tertiary/aromatic N) is 3. The van der Waals surface area contributed by atoms with Gasteiger partial charge in [0.1, 0.15) is 17.6 Å². The predicted octanol–water partition coefficient (Wildman–Crippen LogP) is 5.89. The summed E-state index contributed by atoms with van der Waals surface area (Å²) in [6.07, 6.45) is 3.73. The van der Waals surface area contributed by atoms with Crippen LogP contribution in [0, 0.1) is 11.3 Å². The van der Waals surface area contributed by atoms with E-state index >= 15 is 0 Å². The van der Waals surface area contributed by atoms with Gasteiger partial charge in [-0.25, -0.2) is 4.98 Å². The second kappa shape index (κ2) is 9.95. The van der Waals surface area contributed by atoms with Crippen LogP contribution in [0.2, 0.25) is 0 Å². The number of aromatic nitrogens is 2. The van der Waals surface area contributed by atoms with Gasteiger partial charge in [-0.05, 0) is 46.5 Å². The predicted molar refractivity (Wildman–Crippen MR) is 126 cm³/mol. The molecule has 32 heavy (non-hydrogen) atoms. The summed E-state index contributed by atoms with van der Waals surface area (Å²) in [6.45, 7) is 6.13. The highest BCUT2D eigenvalue weighted by Crippen LogP contribution is 2.31. The largest absolute Gasteiger partial charge is 0.456 e. The van der Waals surface area contributed by atoms with Gasteiger partial charge in [0.15, 0.2) is 0 Å². The molecule has 1 aliphatic rings. The molecule has 160 valence electrons. The highest BCUT2D eigenvalue weighted by molar-refractivity contribution is 5.69. The molecule has 0 amide bonds. The van der Waals surface area contributed by atoms with Crippen molar-refractivity contribution in [3.63, 3.8) is 0 Å². The van der Waals surface area contributed by atoms with Crippen LogP contribution in [0.3, 0.4) is 0 Å². The van der Waals surface area contributed by atoms with E-state index in [-0.39, 0.29) is 0 Å². The number of nitrogens with one attached hydrogen (secondary N) is 1. The Morgan fingerprint density at radius 3 is 2.75 bits per heavy atom. The SMILES string of the molecule is CC.N#Cc1ccc2cc1Oc1cccc(c1)-c1ccccc1CNCc1cncn1C2. The smallest absolute Gasteiger partial charge is 0.145 e. The number of hydrogen-bond donors (Lipinski definition) is 1. The van der Waals surface area contributed by atoms with E-state index in [2.05, 4.69) is 45.2 Å². The molecule has 1 aromatic heterocycles. The van der Waals surface area contributed by atoms with Gasteiger partial charge < -0.3 is 14.6 Å². The quantitative estimate of drug-likeness (QED) is 0.384. The maximum absolute atomic E-state index is 9.55. The summed E-state index contributed by atoms with van der Waals surface area (Å²) in [5, 5.41) is 13.1. The summed E-state index contributed by atoms with van der Waals surface area (Å²) >= 11 is 0. The fourth-order valence-electron chi connectivity index (χ4n) is 3.81. The van der Waals surface area contributed by atoms with Gasteiger partial charge in [-0.15, -0.1) is 0 Å². The van der Waals surface area contributed by atoms with Gasteiger partial charge in [-0.3, -0.25) is 0 Å². The van der Waals surface area contributed by atoms with Gasteiger partial charge in [0.05, 0.1) is 17.6 Å². The van der Waals surface area contributed by atoms with Crippen LogP contribution in [-0.2, 0) is 19.6 Å². The van der Waals surface area contributed by atoms with E-state index in [1.165, 1.54) is 5.56 Å². The number of nitriles is 1. The molecule has 0 saturated carbocycles. The van der Waals surface area contributed by atoms with Crippen molar-refractivity contribution in [2.75, 3.05) is 0 Å². The minimum atomic E-state index is 0.515. The van der Waals surface area contributed by atoms with Gasteiger partial charge in [-0.1, -0.05) is 56.3 Å². The third kappa shape index (κ3) is 4.56. The minimum absolute atomic E-state index is 0.515. The first-order valence-electron chi connectivity index (χ1n) is 10.9. The highest BCUT2D eigenvalue weighted by Gasteiger charge is 2.12. The molecule has 1 N–H and O–H groups in total. The Morgan fingerprint density at radius 2 is 1.88 bits per heavy atom. The van der Waals surface area contributed by atoms with E-state index in [1.807, 2.05) is 68.8 Å². The van der Waals surface area contributed by atoms with Crippen LogP contribution in [0.4, 0.5) is 0 Å². The van der Waals surface area contributed by atoms with Crippen molar-refractivity contribution in [2.45, 2.75) is 33.5 Å². The van der Waals surface area contributed by atoms with E-state index in [1.54, 1.807) is 0 Å². The molecule has 3 aromatic carbocycles. The molecule has 0 radical (unpaired) electrons. The summed E-state index contributed by atoms with van der Waals surface area (Å²) in [4.78, 5) is 4.32.